The molecule has 1 saturated carbocycles. The van der Waals surface area contributed by atoms with Crippen molar-refractivity contribution >= 4 is 12.0 Å². The largest absolute Gasteiger partial charge is 0.465 e. The average Bonchev–Trinajstić information content (AvgIpc) is 3.31. The third-order valence-electron chi connectivity index (χ3n) is 5.30. The number of hydrogen-bond donors (Lipinski definition) is 2. The van der Waals surface area contributed by atoms with Gasteiger partial charge in [-0.2, -0.15) is 4.80 Å². The van der Waals surface area contributed by atoms with Crippen molar-refractivity contribution in [1.29, 1.82) is 0 Å². The van der Waals surface area contributed by atoms with Gasteiger partial charge in [-0.25, -0.2) is 4.79 Å². The van der Waals surface area contributed by atoms with Crippen LogP contribution in [0.1, 0.15) is 56.8 Å². The molecule has 1 aromatic heterocycles. The van der Waals surface area contributed by atoms with Gasteiger partial charge in [0.25, 0.3) is 0 Å². The molecule has 0 bridgehead atoms. The van der Waals surface area contributed by atoms with Crippen LogP contribution in [0.5, 0.6) is 0 Å². The van der Waals surface area contributed by atoms with Crippen molar-refractivity contribution in [2.24, 2.45) is 18.9 Å². The maximum absolute atomic E-state index is 13.1. The number of aryl methyl sites for hydroxylation is 1. The number of nitrogens with one attached hydrogen (secondary N) is 1. The highest BCUT2D eigenvalue weighted by Gasteiger charge is 2.37. The predicted molar refractivity (Wildman–Crippen MR) is 88.6 cm³/mol. The molecule has 0 radical (unpaired) electrons. The SMILES string of the molecule is Cn1nnc([C@@H]2CCCN2C(=O)[C@@H](CNC(=O)O)CC2CCCC2)n1. The normalized spacial score (nSPS) is 22.3. The van der Waals surface area contributed by atoms with E-state index in [1.54, 1.807) is 7.05 Å². The van der Waals surface area contributed by atoms with Gasteiger partial charge >= 0.3 is 6.09 Å². The fourth-order valence-electron chi connectivity index (χ4n) is 4.10. The van der Waals surface area contributed by atoms with Gasteiger partial charge in [-0.05, 0) is 30.4 Å². The molecule has 2 amide bonds. The highest BCUT2D eigenvalue weighted by atomic mass is 16.4. The Morgan fingerprint density at radius 2 is 2.04 bits per heavy atom. The monoisotopic (exact) mass is 350 g/mol. The van der Waals surface area contributed by atoms with Crippen LogP contribution in [0.25, 0.3) is 0 Å². The average molecular weight is 350 g/mol. The summed E-state index contributed by atoms with van der Waals surface area (Å²) in [6.07, 6.45) is 6.05. The van der Waals surface area contributed by atoms with Crippen LogP contribution in [0, 0.1) is 11.8 Å². The summed E-state index contributed by atoms with van der Waals surface area (Å²) in [4.78, 5) is 27.3. The van der Waals surface area contributed by atoms with Crippen LogP contribution < -0.4 is 5.32 Å². The Morgan fingerprint density at radius 1 is 1.28 bits per heavy atom. The second-order valence-corrected chi connectivity index (χ2v) is 7.10. The zero-order valence-electron chi connectivity index (χ0n) is 14.6. The minimum atomic E-state index is -1.09. The lowest BCUT2D eigenvalue weighted by molar-refractivity contribution is -0.137. The van der Waals surface area contributed by atoms with Crippen LogP contribution in [0.3, 0.4) is 0 Å². The number of hydrogen-bond acceptors (Lipinski definition) is 5. The summed E-state index contributed by atoms with van der Waals surface area (Å²) in [5.41, 5.74) is 0. The maximum Gasteiger partial charge on any atom is 0.404 e. The van der Waals surface area contributed by atoms with Gasteiger partial charge < -0.3 is 15.3 Å². The summed E-state index contributed by atoms with van der Waals surface area (Å²) in [5.74, 6) is 0.770. The molecule has 2 fully saturated rings. The molecule has 2 heterocycles. The molecule has 2 N–H and O–H groups in total. The third kappa shape index (κ3) is 4.26. The Hall–Kier alpha value is -2.19. The van der Waals surface area contributed by atoms with E-state index in [-0.39, 0.29) is 24.4 Å². The van der Waals surface area contributed by atoms with E-state index in [4.69, 9.17) is 5.11 Å². The number of carboxylic acid groups (broad SMARTS) is 1. The number of carbonyl (C=O) groups excluding carboxylic acids is 1. The zero-order valence-corrected chi connectivity index (χ0v) is 14.6. The molecule has 25 heavy (non-hydrogen) atoms. The predicted octanol–water partition coefficient (Wildman–Crippen LogP) is 1.34. The quantitative estimate of drug-likeness (QED) is 0.800. The highest BCUT2D eigenvalue weighted by Crippen LogP contribution is 2.34. The summed E-state index contributed by atoms with van der Waals surface area (Å²) in [7, 11) is 1.71. The minimum absolute atomic E-state index is 0.00982. The molecule has 138 valence electrons. The number of rotatable bonds is 6. The number of amides is 2. The Kier molecular flexibility index (Phi) is 5.50. The lowest BCUT2D eigenvalue weighted by Gasteiger charge is -2.28. The van der Waals surface area contributed by atoms with Crippen LogP contribution in [0.15, 0.2) is 0 Å². The van der Waals surface area contributed by atoms with Crippen molar-refractivity contribution in [3.05, 3.63) is 5.82 Å². The van der Waals surface area contributed by atoms with Gasteiger partial charge in [-0.3, -0.25) is 4.79 Å². The molecule has 0 unspecified atom stereocenters. The zero-order chi connectivity index (χ0) is 17.8. The van der Waals surface area contributed by atoms with Crippen LogP contribution in [0.4, 0.5) is 4.79 Å². The number of nitrogens with zero attached hydrogens (tertiary/aromatic N) is 5. The number of tetrazole rings is 1. The van der Waals surface area contributed by atoms with Crippen LogP contribution in [0.2, 0.25) is 0 Å². The molecule has 2 aliphatic rings. The van der Waals surface area contributed by atoms with E-state index in [1.807, 2.05) is 4.90 Å². The molecular formula is C16H26N6O3. The van der Waals surface area contributed by atoms with Crippen LogP contribution >= 0.6 is 0 Å². The van der Waals surface area contributed by atoms with Gasteiger partial charge in [0.1, 0.15) is 0 Å². The maximum atomic E-state index is 13.1. The van der Waals surface area contributed by atoms with Gasteiger partial charge in [0.2, 0.25) is 5.91 Å². The molecule has 9 nitrogen and oxygen atoms in total. The topological polar surface area (TPSA) is 113 Å². The molecular weight excluding hydrogens is 324 g/mol. The van der Waals surface area contributed by atoms with Crippen molar-refractivity contribution in [3.63, 3.8) is 0 Å². The van der Waals surface area contributed by atoms with Crippen molar-refractivity contribution in [2.45, 2.75) is 51.0 Å². The fourth-order valence-corrected chi connectivity index (χ4v) is 4.10. The molecule has 3 rings (SSSR count). The van der Waals surface area contributed by atoms with Crippen LogP contribution in [-0.2, 0) is 11.8 Å². The van der Waals surface area contributed by atoms with E-state index < -0.39 is 6.09 Å². The molecule has 1 aromatic rings. The summed E-state index contributed by atoms with van der Waals surface area (Å²) in [6.45, 7) is 0.831. The van der Waals surface area contributed by atoms with Crippen molar-refractivity contribution < 1.29 is 14.7 Å². The first-order valence-corrected chi connectivity index (χ1v) is 9.05. The van der Waals surface area contributed by atoms with E-state index in [9.17, 15) is 9.59 Å². The van der Waals surface area contributed by atoms with Gasteiger partial charge in [0.15, 0.2) is 5.82 Å². The van der Waals surface area contributed by atoms with E-state index in [0.717, 1.165) is 32.1 Å². The third-order valence-corrected chi connectivity index (χ3v) is 5.30. The standard InChI is InChI=1S/C16H26N6O3/c1-21-19-14(18-20-21)13-7-4-8-22(13)15(23)12(10-17-16(24)25)9-11-5-2-3-6-11/h11-13,17H,2-10H2,1H3,(H,24,25)/t12-,13+/m1/s1. The number of carbonyl (C=O) groups is 2. The number of likely N-dealkylation sites (tertiary alicyclic amines) is 1. The Morgan fingerprint density at radius 3 is 2.68 bits per heavy atom. The molecule has 1 aliphatic heterocycles. The summed E-state index contributed by atoms with van der Waals surface area (Å²) < 4.78 is 0. The first-order valence-electron chi connectivity index (χ1n) is 9.05. The van der Waals surface area contributed by atoms with Crippen molar-refractivity contribution in [2.75, 3.05) is 13.1 Å². The Balaban J connectivity index is 1.71. The Bertz CT molecular complexity index is 613. The fraction of sp³-hybridized carbons (Fsp3) is 0.812. The van der Waals surface area contributed by atoms with E-state index >= 15 is 0 Å². The summed E-state index contributed by atoms with van der Waals surface area (Å²) >= 11 is 0. The lowest BCUT2D eigenvalue weighted by Crippen LogP contribution is -2.42. The van der Waals surface area contributed by atoms with Gasteiger partial charge in [0, 0.05) is 13.1 Å². The van der Waals surface area contributed by atoms with E-state index in [0.29, 0.717) is 18.3 Å². The number of aromatic nitrogens is 4. The van der Waals surface area contributed by atoms with E-state index in [1.165, 1.54) is 17.6 Å². The minimum Gasteiger partial charge on any atom is -0.465 e. The molecule has 0 aromatic carbocycles. The second kappa shape index (κ2) is 7.79. The smallest absolute Gasteiger partial charge is 0.404 e. The molecule has 2 atom stereocenters. The Labute approximate surface area is 146 Å². The molecule has 9 heteroatoms. The molecule has 1 saturated heterocycles. The molecule has 0 spiro atoms. The first kappa shape index (κ1) is 17.6. The van der Waals surface area contributed by atoms with Crippen molar-refractivity contribution in [3.8, 4) is 0 Å². The van der Waals surface area contributed by atoms with Gasteiger partial charge in [0.05, 0.1) is 19.0 Å². The summed E-state index contributed by atoms with van der Waals surface area (Å²) in [5, 5.41) is 23.5. The molecule has 1 aliphatic carbocycles. The van der Waals surface area contributed by atoms with Crippen molar-refractivity contribution in [1.82, 2.24) is 30.4 Å². The lowest BCUT2D eigenvalue weighted by atomic mass is 9.91. The van der Waals surface area contributed by atoms with E-state index in [2.05, 4.69) is 20.7 Å². The highest BCUT2D eigenvalue weighted by molar-refractivity contribution is 5.80. The second-order valence-electron chi connectivity index (χ2n) is 7.10. The first-order chi connectivity index (χ1) is 12.0. The van der Waals surface area contributed by atoms with Crippen LogP contribution in [-0.4, -0.2) is 55.3 Å². The van der Waals surface area contributed by atoms with Gasteiger partial charge in [-0.1, -0.05) is 25.7 Å². The summed E-state index contributed by atoms with van der Waals surface area (Å²) in [6, 6.07) is -0.155. The van der Waals surface area contributed by atoms with Gasteiger partial charge in [-0.15, -0.1) is 10.2 Å².